The molecule has 0 saturated heterocycles. The number of benzene rings is 4. The third kappa shape index (κ3) is 4.60. The van der Waals surface area contributed by atoms with Crippen LogP contribution in [-0.4, -0.2) is 47.5 Å². The third-order valence-electron chi connectivity index (χ3n) is 7.36. The number of Topliss-reactive ketones (excluding diaryl/α,β-unsaturated/α-hetero) is 1. The number of nitrogens with zero attached hydrogens (tertiary/aromatic N) is 1. The molecule has 0 fully saturated rings. The van der Waals surface area contributed by atoms with Crippen LogP contribution in [0.25, 0.3) is 11.1 Å². The molecule has 0 spiro atoms. The molecule has 208 valence electrons. The quantitative estimate of drug-likeness (QED) is 0.192. The molecule has 9 nitrogen and oxygen atoms in total. The van der Waals surface area contributed by atoms with Crippen LogP contribution in [0.15, 0.2) is 91.0 Å². The smallest absolute Gasteiger partial charge is 0.329 e. The second-order valence-electron chi connectivity index (χ2n) is 9.89. The van der Waals surface area contributed by atoms with Gasteiger partial charge in [0.05, 0.1) is 29.5 Å². The van der Waals surface area contributed by atoms with Crippen LogP contribution < -0.4 is 10.1 Å². The summed E-state index contributed by atoms with van der Waals surface area (Å²) in [5, 5.41) is 2.65. The lowest BCUT2D eigenvalue weighted by molar-refractivity contribution is -0.145. The van der Waals surface area contributed by atoms with E-state index in [-0.39, 0.29) is 29.7 Å². The predicted molar refractivity (Wildman–Crippen MR) is 152 cm³/mol. The Labute approximate surface area is 240 Å². The van der Waals surface area contributed by atoms with Crippen molar-refractivity contribution in [1.29, 1.82) is 0 Å². The first-order valence-corrected chi connectivity index (χ1v) is 13.2. The van der Waals surface area contributed by atoms with Crippen LogP contribution in [-0.2, 0) is 27.4 Å². The lowest BCUT2D eigenvalue weighted by atomic mass is 9.95. The monoisotopic (exact) mass is 560 g/mol. The number of carbonyl (C=O) groups is 5. The molecule has 2 heterocycles. The number of nitrogens with one attached hydrogen (secondary N) is 1. The molecule has 0 aliphatic carbocycles. The molecular weight excluding hydrogens is 536 g/mol. The molecule has 0 unspecified atom stereocenters. The lowest BCUT2D eigenvalue weighted by Crippen LogP contribution is -2.46. The molecule has 4 aromatic carbocycles. The summed E-state index contributed by atoms with van der Waals surface area (Å²) >= 11 is 0. The molecule has 0 saturated carbocycles. The van der Waals surface area contributed by atoms with E-state index in [9.17, 15) is 24.0 Å². The zero-order chi connectivity index (χ0) is 29.4. The largest absolute Gasteiger partial charge is 0.488 e. The van der Waals surface area contributed by atoms with Gasteiger partial charge in [-0.25, -0.2) is 4.79 Å². The molecule has 0 aromatic heterocycles. The lowest BCUT2D eigenvalue weighted by Gasteiger charge is -2.24. The Morgan fingerprint density at radius 1 is 0.738 bits per heavy atom. The number of ether oxygens (including phenoxy) is 2. The number of hydrogen-bond acceptors (Lipinski definition) is 7. The van der Waals surface area contributed by atoms with Crippen molar-refractivity contribution in [2.24, 2.45) is 0 Å². The summed E-state index contributed by atoms with van der Waals surface area (Å²) in [4.78, 5) is 65.0. The number of fused-ring (bicyclic) bond motifs is 2. The van der Waals surface area contributed by atoms with Gasteiger partial charge < -0.3 is 14.8 Å². The minimum atomic E-state index is -1.23. The Morgan fingerprint density at radius 2 is 1.38 bits per heavy atom. The van der Waals surface area contributed by atoms with E-state index in [4.69, 9.17) is 9.47 Å². The third-order valence-corrected chi connectivity index (χ3v) is 7.36. The Morgan fingerprint density at radius 3 is 2.07 bits per heavy atom. The zero-order valence-corrected chi connectivity index (χ0v) is 22.5. The number of rotatable bonds is 8. The average Bonchev–Trinajstić information content (AvgIpc) is 3.46. The van der Waals surface area contributed by atoms with Crippen molar-refractivity contribution in [3.8, 4) is 16.9 Å². The highest BCUT2D eigenvalue weighted by Crippen LogP contribution is 2.40. The summed E-state index contributed by atoms with van der Waals surface area (Å²) in [5.41, 5.74) is 3.69. The number of hydrogen-bond donors (Lipinski definition) is 1. The Balaban J connectivity index is 1.40. The Bertz CT molecular complexity index is 1750. The van der Waals surface area contributed by atoms with Crippen LogP contribution in [0.1, 0.15) is 42.2 Å². The number of ketones is 1. The number of para-hydroxylation sites is 1. The molecule has 6 rings (SSSR count). The van der Waals surface area contributed by atoms with Gasteiger partial charge in [-0.15, -0.1) is 0 Å². The van der Waals surface area contributed by atoms with E-state index in [0.717, 1.165) is 10.5 Å². The van der Waals surface area contributed by atoms with Gasteiger partial charge in [-0.05, 0) is 41.5 Å². The van der Waals surface area contributed by atoms with Crippen molar-refractivity contribution in [1.82, 2.24) is 4.90 Å². The topological polar surface area (TPSA) is 119 Å². The van der Waals surface area contributed by atoms with Gasteiger partial charge in [0, 0.05) is 17.5 Å². The van der Waals surface area contributed by atoms with Gasteiger partial charge >= 0.3 is 5.97 Å². The zero-order valence-electron chi connectivity index (χ0n) is 22.5. The first-order valence-electron chi connectivity index (χ1n) is 13.2. The molecule has 1 N–H and O–H groups in total. The van der Waals surface area contributed by atoms with Gasteiger partial charge in [0.25, 0.3) is 23.5 Å². The minimum absolute atomic E-state index is 0.0373. The van der Waals surface area contributed by atoms with Crippen molar-refractivity contribution in [3.63, 3.8) is 0 Å². The van der Waals surface area contributed by atoms with Crippen LogP contribution in [0.4, 0.5) is 5.69 Å². The number of amides is 3. The maximum atomic E-state index is 13.2. The number of anilines is 1. The molecule has 2 aliphatic heterocycles. The molecule has 0 radical (unpaired) electrons. The van der Waals surface area contributed by atoms with Crippen molar-refractivity contribution in [2.45, 2.75) is 19.1 Å². The van der Waals surface area contributed by atoms with E-state index in [1.165, 1.54) is 7.11 Å². The van der Waals surface area contributed by atoms with E-state index < -0.39 is 35.5 Å². The minimum Gasteiger partial charge on any atom is -0.488 e. The standard InChI is InChI=1S/C33H24N2O7/c1-41-33(40)26(35-31(38)22-10-5-6-11-23(22)32(35)39)17-20-14-15-27(42-18-19-8-3-2-4-9-19)25(16-20)21-12-7-13-24-28(21)34-30(37)29(24)36/h2-16,26H,17-18H2,1H3,(H,34,36,37)/t26-/m0/s1. The second-order valence-corrected chi connectivity index (χ2v) is 9.89. The average molecular weight is 561 g/mol. The first kappa shape index (κ1) is 26.6. The molecule has 1 atom stereocenters. The van der Waals surface area contributed by atoms with E-state index in [1.54, 1.807) is 60.7 Å². The van der Waals surface area contributed by atoms with E-state index in [2.05, 4.69) is 5.32 Å². The molecule has 42 heavy (non-hydrogen) atoms. The van der Waals surface area contributed by atoms with E-state index >= 15 is 0 Å². The number of esters is 1. The van der Waals surface area contributed by atoms with Crippen LogP contribution in [0, 0.1) is 0 Å². The predicted octanol–water partition coefficient (Wildman–Crippen LogP) is 4.45. The van der Waals surface area contributed by atoms with Gasteiger partial charge in [0.2, 0.25) is 0 Å². The van der Waals surface area contributed by atoms with E-state index in [1.807, 2.05) is 30.3 Å². The molecule has 4 aromatic rings. The summed E-state index contributed by atoms with van der Waals surface area (Å²) in [6.45, 7) is 0.257. The maximum Gasteiger partial charge on any atom is 0.329 e. The van der Waals surface area contributed by atoms with Crippen LogP contribution in [0.5, 0.6) is 5.75 Å². The SMILES string of the molecule is COC(=O)[C@H](Cc1ccc(OCc2ccccc2)c(-c2cccc3c2NC(=O)C3=O)c1)N1C(=O)c2ccccc2C1=O. The fraction of sp³-hybridized carbons (Fsp3) is 0.121. The number of methoxy groups -OCH3 is 1. The van der Waals surface area contributed by atoms with Crippen molar-refractivity contribution in [2.75, 3.05) is 12.4 Å². The maximum absolute atomic E-state index is 13.2. The van der Waals surface area contributed by atoms with Crippen LogP contribution >= 0.6 is 0 Å². The van der Waals surface area contributed by atoms with Gasteiger partial charge in [0.1, 0.15) is 18.4 Å². The second kappa shape index (κ2) is 10.8. The summed E-state index contributed by atoms with van der Waals surface area (Å²) in [5.74, 6) is -2.77. The molecule has 9 heteroatoms. The fourth-order valence-electron chi connectivity index (χ4n) is 5.30. The van der Waals surface area contributed by atoms with E-state index in [0.29, 0.717) is 28.1 Å². The normalized spacial score (nSPS) is 14.4. The summed E-state index contributed by atoms with van der Waals surface area (Å²) in [7, 11) is 1.20. The van der Waals surface area contributed by atoms with Crippen molar-refractivity contribution < 1.29 is 33.4 Å². The summed E-state index contributed by atoms with van der Waals surface area (Å²) in [6, 6.07) is 25.0. The molecular formula is C33H24N2O7. The summed E-state index contributed by atoms with van der Waals surface area (Å²) in [6.07, 6.45) is -0.0373. The number of imide groups is 1. The van der Waals surface area contributed by atoms with Gasteiger partial charge in [0.15, 0.2) is 0 Å². The number of carbonyl (C=O) groups excluding carboxylic acids is 5. The first-order chi connectivity index (χ1) is 20.4. The van der Waals surface area contributed by atoms with Crippen molar-refractivity contribution in [3.05, 3.63) is 119 Å². The highest BCUT2D eigenvalue weighted by atomic mass is 16.5. The molecule has 0 bridgehead atoms. The van der Waals surface area contributed by atoms with Crippen LogP contribution in [0.3, 0.4) is 0 Å². The Kier molecular flexibility index (Phi) is 6.84. The van der Waals surface area contributed by atoms with Gasteiger partial charge in [-0.1, -0.05) is 60.7 Å². The van der Waals surface area contributed by atoms with Crippen molar-refractivity contribution >= 4 is 35.2 Å². The Hall–Kier alpha value is -5.57. The fourth-order valence-corrected chi connectivity index (χ4v) is 5.30. The van der Waals surface area contributed by atoms with Gasteiger partial charge in [-0.3, -0.25) is 24.1 Å². The highest BCUT2D eigenvalue weighted by molar-refractivity contribution is 6.52. The summed E-state index contributed by atoms with van der Waals surface area (Å²) < 4.78 is 11.2. The van der Waals surface area contributed by atoms with Crippen LogP contribution in [0.2, 0.25) is 0 Å². The molecule has 3 amide bonds. The molecule has 2 aliphatic rings. The van der Waals surface area contributed by atoms with Gasteiger partial charge in [-0.2, -0.15) is 0 Å². The highest BCUT2D eigenvalue weighted by Gasteiger charge is 2.43.